The molecule has 5 heterocycles. The predicted molar refractivity (Wildman–Crippen MR) is 156 cm³/mol. The molecule has 1 unspecified atom stereocenters. The van der Waals surface area contributed by atoms with E-state index in [9.17, 15) is 14.7 Å². The maximum atomic E-state index is 13.1. The number of amides is 2. The van der Waals surface area contributed by atoms with Crippen molar-refractivity contribution < 1.29 is 19.4 Å². The second kappa shape index (κ2) is 11.0. The molecule has 1 spiro atoms. The summed E-state index contributed by atoms with van der Waals surface area (Å²) < 4.78 is 5.62. The Morgan fingerprint density at radius 3 is 2.78 bits per heavy atom. The average molecular weight is 601 g/mol. The Balaban J connectivity index is 1.14. The van der Waals surface area contributed by atoms with Crippen molar-refractivity contribution in [3.8, 4) is 0 Å². The first-order valence-corrected chi connectivity index (χ1v) is 15.0. The zero-order valence-corrected chi connectivity index (χ0v) is 24.1. The summed E-state index contributed by atoms with van der Waals surface area (Å²) in [7, 11) is 0. The van der Waals surface area contributed by atoms with Crippen molar-refractivity contribution in [3.63, 3.8) is 0 Å². The molecule has 218 valence electrons. The van der Waals surface area contributed by atoms with Crippen LogP contribution >= 0.6 is 23.4 Å². The van der Waals surface area contributed by atoms with Crippen LogP contribution in [-0.2, 0) is 14.3 Å². The van der Waals surface area contributed by atoms with Gasteiger partial charge in [0.1, 0.15) is 16.7 Å². The van der Waals surface area contributed by atoms with Crippen LogP contribution in [0, 0.1) is 5.41 Å². The van der Waals surface area contributed by atoms with Crippen molar-refractivity contribution in [1.29, 1.82) is 0 Å². The molecule has 2 atom stereocenters. The van der Waals surface area contributed by atoms with E-state index >= 15 is 0 Å². The largest absolute Gasteiger partial charge is 0.381 e. The van der Waals surface area contributed by atoms with Crippen LogP contribution in [0.15, 0.2) is 39.3 Å². The topological polar surface area (TPSA) is 172 Å². The Kier molecular flexibility index (Phi) is 7.57. The first-order valence-electron chi connectivity index (χ1n) is 13.8. The van der Waals surface area contributed by atoms with Gasteiger partial charge < -0.3 is 36.4 Å². The smallest absolute Gasteiger partial charge is 0.280 e. The molecule has 1 aromatic carbocycles. The summed E-state index contributed by atoms with van der Waals surface area (Å²) in [4.78, 5) is 43.4. The number of carbonyl (C=O) groups excluding carboxylic acids is 2. The SMILES string of the molecule is Nc1nc(N2CCC3(CC2)COCC3N)cnc1Sc1cccc(NC(=O)[C@@]2(O)CC(=O)N3CCCCC3=N2)c1Cl. The lowest BCUT2D eigenvalue weighted by molar-refractivity contribution is -0.145. The fourth-order valence-electron chi connectivity index (χ4n) is 5.89. The van der Waals surface area contributed by atoms with E-state index in [1.54, 1.807) is 29.3 Å². The highest BCUT2D eigenvalue weighted by atomic mass is 35.5. The van der Waals surface area contributed by atoms with Crippen LogP contribution in [0.25, 0.3) is 0 Å². The van der Waals surface area contributed by atoms with E-state index in [-0.39, 0.29) is 33.9 Å². The number of halogens is 1. The van der Waals surface area contributed by atoms with Gasteiger partial charge >= 0.3 is 0 Å². The fourth-order valence-corrected chi connectivity index (χ4v) is 6.99. The number of nitrogens with two attached hydrogens (primary N) is 2. The van der Waals surface area contributed by atoms with Gasteiger partial charge in [0.05, 0.1) is 36.5 Å². The number of aliphatic imine (C=N–C) groups is 1. The highest BCUT2D eigenvalue weighted by molar-refractivity contribution is 7.99. The minimum Gasteiger partial charge on any atom is -0.381 e. The van der Waals surface area contributed by atoms with Gasteiger partial charge in [-0.3, -0.25) is 9.59 Å². The lowest BCUT2D eigenvalue weighted by atomic mass is 9.75. The minimum atomic E-state index is -2.19. The van der Waals surface area contributed by atoms with Crippen molar-refractivity contribution in [2.45, 2.75) is 60.2 Å². The van der Waals surface area contributed by atoms with E-state index in [1.807, 2.05) is 0 Å². The number of fused-ring (bicyclic) bond motifs is 1. The van der Waals surface area contributed by atoms with Crippen LogP contribution in [0.2, 0.25) is 5.02 Å². The van der Waals surface area contributed by atoms with Gasteiger partial charge in [0.25, 0.3) is 5.91 Å². The molecular formula is C27H33ClN8O4S. The number of nitrogens with one attached hydrogen (secondary N) is 1. The number of nitrogens with zero attached hydrogens (tertiary/aromatic N) is 5. The molecule has 4 aliphatic rings. The molecule has 0 radical (unpaired) electrons. The van der Waals surface area contributed by atoms with Crippen molar-refractivity contribution in [1.82, 2.24) is 14.9 Å². The predicted octanol–water partition coefficient (Wildman–Crippen LogP) is 2.25. The number of rotatable bonds is 5. The molecule has 41 heavy (non-hydrogen) atoms. The summed E-state index contributed by atoms with van der Waals surface area (Å²) in [6.07, 6.45) is 5.38. The average Bonchev–Trinajstić information content (AvgIpc) is 3.31. The van der Waals surface area contributed by atoms with Gasteiger partial charge in [0, 0.05) is 42.4 Å². The Morgan fingerprint density at radius 2 is 2.05 bits per heavy atom. The monoisotopic (exact) mass is 600 g/mol. The van der Waals surface area contributed by atoms with E-state index in [2.05, 4.69) is 25.2 Å². The molecule has 3 fully saturated rings. The maximum Gasteiger partial charge on any atom is 0.280 e. The fraction of sp³-hybridized carbons (Fsp3) is 0.519. The molecule has 14 heteroatoms. The number of anilines is 3. The van der Waals surface area contributed by atoms with Crippen LogP contribution in [0.5, 0.6) is 0 Å². The van der Waals surface area contributed by atoms with Crippen LogP contribution in [0.3, 0.4) is 0 Å². The summed E-state index contributed by atoms with van der Waals surface area (Å²) in [5.41, 5.74) is 10.7. The first-order chi connectivity index (χ1) is 19.7. The number of aliphatic hydroxyl groups is 1. The normalized spacial score (nSPS) is 25.7. The molecule has 2 amide bonds. The van der Waals surface area contributed by atoms with Crippen molar-refractivity contribution in [2.75, 3.05) is 48.8 Å². The molecule has 0 saturated carbocycles. The van der Waals surface area contributed by atoms with Gasteiger partial charge in [0.2, 0.25) is 11.6 Å². The first kappa shape index (κ1) is 28.2. The van der Waals surface area contributed by atoms with E-state index in [4.69, 9.17) is 27.8 Å². The zero-order chi connectivity index (χ0) is 28.8. The van der Waals surface area contributed by atoms with Gasteiger partial charge in [-0.05, 0) is 37.8 Å². The van der Waals surface area contributed by atoms with Crippen molar-refractivity contribution in [3.05, 3.63) is 29.4 Å². The van der Waals surface area contributed by atoms with Crippen molar-refractivity contribution >= 4 is 58.3 Å². The number of aromatic nitrogens is 2. The van der Waals surface area contributed by atoms with Crippen LogP contribution in [0.4, 0.5) is 17.3 Å². The molecule has 12 nitrogen and oxygen atoms in total. The summed E-state index contributed by atoms with van der Waals surface area (Å²) >= 11 is 7.88. The van der Waals surface area contributed by atoms with Crippen molar-refractivity contribution in [2.24, 2.45) is 16.1 Å². The number of nitrogen functional groups attached to an aromatic ring is 1. The van der Waals surface area contributed by atoms with Crippen LogP contribution in [-0.4, -0.2) is 82.2 Å². The second-order valence-corrected chi connectivity index (χ2v) is 12.5. The standard InChI is InChI=1S/C27H33ClN8O4S/c28-22-16(32-25(38)27(39)12-21(37)36-9-2-1-6-19(36)34-27)4-3-5-17(22)41-24-23(30)33-20(13-31-24)35-10-7-26(8-11-35)15-40-14-18(26)29/h3-5,13,18,39H,1-2,6-12,14-15,29H2,(H2,30,33)(H,32,38)/t18?,27-/m0/s1. The molecule has 3 saturated heterocycles. The third-order valence-corrected chi connectivity index (χ3v) is 10.0. The number of ether oxygens (including phenoxy) is 1. The highest BCUT2D eigenvalue weighted by Gasteiger charge is 2.46. The maximum absolute atomic E-state index is 13.1. The lowest BCUT2D eigenvalue weighted by Gasteiger charge is -2.41. The molecule has 4 aliphatic heterocycles. The van der Waals surface area contributed by atoms with Gasteiger partial charge in [-0.1, -0.05) is 29.4 Å². The number of carbonyl (C=O) groups is 2. The Hall–Kier alpha value is -2.97. The Bertz CT molecular complexity index is 1400. The summed E-state index contributed by atoms with van der Waals surface area (Å²) in [6.45, 7) is 3.46. The van der Waals surface area contributed by atoms with Crippen LogP contribution < -0.4 is 21.7 Å². The summed E-state index contributed by atoms with van der Waals surface area (Å²) in [5, 5.41) is 14.4. The molecular weight excluding hydrogens is 568 g/mol. The third-order valence-electron chi connectivity index (χ3n) is 8.45. The number of piperidine rings is 2. The number of benzene rings is 1. The highest BCUT2D eigenvalue weighted by Crippen LogP contribution is 2.41. The minimum absolute atomic E-state index is 0.0355. The molecule has 0 bridgehead atoms. The van der Waals surface area contributed by atoms with Gasteiger partial charge in [0.15, 0.2) is 5.82 Å². The summed E-state index contributed by atoms with van der Waals surface area (Å²) in [5.74, 6) is 0.278. The van der Waals surface area contributed by atoms with E-state index < -0.39 is 18.1 Å². The zero-order valence-electron chi connectivity index (χ0n) is 22.5. The number of hydrogen-bond acceptors (Lipinski definition) is 11. The quantitative estimate of drug-likeness (QED) is 0.399. The van der Waals surface area contributed by atoms with E-state index in [1.165, 1.54) is 11.8 Å². The van der Waals surface area contributed by atoms with E-state index in [0.29, 0.717) is 47.8 Å². The Morgan fingerprint density at radius 1 is 1.24 bits per heavy atom. The Labute approximate surface area is 246 Å². The molecule has 0 aliphatic carbocycles. The van der Waals surface area contributed by atoms with E-state index in [0.717, 1.165) is 38.8 Å². The third kappa shape index (κ3) is 5.37. The lowest BCUT2D eigenvalue weighted by Crippen LogP contribution is -2.54. The molecule has 6 rings (SSSR count). The molecule has 1 aromatic heterocycles. The van der Waals surface area contributed by atoms with Crippen LogP contribution in [0.1, 0.15) is 38.5 Å². The number of hydrogen-bond donors (Lipinski definition) is 4. The molecule has 6 N–H and O–H groups in total. The molecule has 2 aromatic rings. The van der Waals surface area contributed by atoms with Gasteiger partial charge in [-0.25, -0.2) is 15.0 Å². The van der Waals surface area contributed by atoms with Gasteiger partial charge in [-0.15, -0.1) is 0 Å². The second-order valence-electron chi connectivity index (χ2n) is 11.1. The number of amidine groups is 1. The van der Waals surface area contributed by atoms with Gasteiger partial charge in [-0.2, -0.15) is 0 Å². The summed E-state index contributed by atoms with van der Waals surface area (Å²) in [6, 6.07) is 5.16.